The Morgan fingerprint density at radius 2 is 1.90 bits per heavy atom. The van der Waals surface area contributed by atoms with Crippen molar-refractivity contribution >= 4 is 5.96 Å². The summed E-state index contributed by atoms with van der Waals surface area (Å²) in [7, 11) is 0. The summed E-state index contributed by atoms with van der Waals surface area (Å²) >= 11 is 0. The molecule has 2 N–H and O–H groups in total. The third kappa shape index (κ3) is 5.29. The van der Waals surface area contributed by atoms with Gasteiger partial charge in [-0.25, -0.2) is 0 Å². The number of likely N-dealkylation sites (tertiary alicyclic amines) is 1. The number of hydrogen-bond donors (Lipinski definition) is 1. The molecule has 0 amide bonds. The van der Waals surface area contributed by atoms with Crippen molar-refractivity contribution in [3.05, 3.63) is 29.8 Å². The molecule has 4 nitrogen and oxygen atoms in total. The molecule has 0 aliphatic carbocycles. The SMILES string of the molecule is Cc1ccccc1OCCCN=C(N)N1CCCCCC1. The first-order valence-electron chi connectivity index (χ1n) is 8.00. The predicted molar refractivity (Wildman–Crippen MR) is 87.8 cm³/mol. The first kappa shape index (κ1) is 15.7. The maximum atomic E-state index is 6.07. The number of guanidine groups is 1. The van der Waals surface area contributed by atoms with Gasteiger partial charge < -0.3 is 15.4 Å². The molecule has 0 spiro atoms. The Morgan fingerprint density at radius 1 is 1.19 bits per heavy atom. The summed E-state index contributed by atoms with van der Waals surface area (Å²) in [6, 6.07) is 8.08. The predicted octanol–water partition coefficient (Wildman–Crippen LogP) is 2.95. The first-order valence-corrected chi connectivity index (χ1v) is 8.00. The molecule has 21 heavy (non-hydrogen) atoms. The van der Waals surface area contributed by atoms with Gasteiger partial charge in [-0.1, -0.05) is 31.0 Å². The van der Waals surface area contributed by atoms with Gasteiger partial charge in [0.15, 0.2) is 5.96 Å². The Bertz CT molecular complexity index is 451. The fourth-order valence-corrected chi connectivity index (χ4v) is 2.56. The van der Waals surface area contributed by atoms with Crippen LogP contribution in [-0.2, 0) is 0 Å². The van der Waals surface area contributed by atoms with Crippen LogP contribution in [0.1, 0.15) is 37.7 Å². The topological polar surface area (TPSA) is 50.9 Å². The fraction of sp³-hybridized carbons (Fsp3) is 0.588. The van der Waals surface area contributed by atoms with E-state index in [9.17, 15) is 0 Å². The zero-order valence-electron chi connectivity index (χ0n) is 13.1. The van der Waals surface area contributed by atoms with Crippen LogP contribution in [0.5, 0.6) is 5.75 Å². The third-order valence-corrected chi connectivity index (χ3v) is 3.86. The van der Waals surface area contributed by atoms with Crippen LogP contribution in [0.4, 0.5) is 0 Å². The van der Waals surface area contributed by atoms with E-state index in [1.165, 1.54) is 31.2 Å². The average molecular weight is 289 g/mol. The second kappa shape index (κ2) is 8.55. The summed E-state index contributed by atoms with van der Waals surface area (Å²) in [5.41, 5.74) is 7.24. The molecule has 1 aromatic rings. The quantitative estimate of drug-likeness (QED) is 0.515. The number of hydrogen-bond acceptors (Lipinski definition) is 2. The molecule has 1 aliphatic rings. The van der Waals surface area contributed by atoms with Crippen LogP contribution in [0, 0.1) is 6.92 Å². The second-order valence-corrected chi connectivity index (χ2v) is 5.61. The Hall–Kier alpha value is -1.71. The van der Waals surface area contributed by atoms with Gasteiger partial charge in [0.05, 0.1) is 6.61 Å². The van der Waals surface area contributed by atoms with Gasteiger partial charge in [-0.2, -0.15) is 0 Å². The summed E-state index contributed by atoms with van der Waals surface area (Å²) in [5.74, 6) is 1.66. The van der Waals surface area contributed by atoms with E-state index >= 15 is 0 Å². The van der Waals surface area contributed by atoms with E-state index in [-0.39, 0.29) is 0 Å². The van der Waals surface area contributed by atoms with Crippen molar-refractivity contribution in [2.75, 3.05) is 26.2 Å². The molecule has 0 bridgehead atoms. The van der Waals surface area contributed by atoms with Gasteiger partial charge in [0.2, 0.25) is 0 Å². The molecule has 4 heteroatoms. The lowest BCUT2D eigenvalue weighted by molar-refractivity contribution is 0.311. The lowest BCUT2D eigenvalue weighted by atomic mass is 10.2. The summed E-state index contributed by atoms with van der Waals surface area (Å²) < 4.78 is 5.76. The van der Waals surface area contributed by atoms with Crippen molar-refractivity contribution in [2.24, 2.45) is 10.7 Å². The number of nitrogens with zero attached hydrogens (tertiary/aromatic N) is 2. The molecule has 1 saturated heterocycles. The highest BCUT2D eigenvalue weighted by molar-refractivity contribution is 5.78. The molecule has 1 heterocycles. The zero-order valence-corrected chi connectivity index (χ0v) is 13.1. The van der Waals surface area contributed by atoms with Crippen LogP contribution in [-0.4, -0.2) is 37.1 Å². The molecule has 0 saturated carbocycles. The standard InChI is InChI=1S/C17H27N3O/c1-15-9-4-5-10-16(15)21-14-8-11-19-17(18)20-12-6-2-3-7-13-20/h4-5,9-10H,2-3,6-8,11-14H2,1H3,(H2,18,19). The van der Waals surface area contributed by atoms with E-state index in [1.807, 2.05) is 18.2 Å². The van der Waals surface area contributed by atoms with Crippen molar-refractivity contribution in [3.63, 3.8) is 0 Å². The van der Waals surface area contributed by atoms with Crippen LogP contribution in [0.15, 0.2) is 29.3 Å². The summed E-state index contributed by atoms with van der Waals surface area (Å²) in [6.07, 6.45) is 5.98. The van der Waals surface area contributed by atoms with E-state index in [2.05, 4.69) is 22.9 Å². The van der Waals surface area contributed by atoms with Crippen molar-refractivity contribution in [3.8, 4) is 5.75 Å². The highest BCUT2D eigenvalue weighted by Gasteiger charge is 2.10. The summed E-state index contributed by atoms with van der Waals surface area (Å²) in [4.78, 5) is 6.70. The Kier molecular flexibility index (Phi) is 6.38. The molecule has 116 valence electrons. The maximum Gasteiger partial charge on any atom is 0.191 e. The van der Waals surface area contributed by atoms with Crippen LogP contribution < -0.4 is 10.5 Å². The average Bonchev–Trinajstić information content (AvgIpc) is 2.77. The molecular formula is C17H27N3O. The molecule has 1 fully saturated rings. The van der Waals surface area contributed by atoms with Crippen molar-refractivity contribution < 1.29 is 4.74 Å². The number of rotatable bonds is 5. The minimum absolute atomic E-state index is 0.682. The van der Waals surface area contributed by atoms with Gasteiger partial charge in [0.1, 0.15) is 5.75 Å². The molecular weight excluding hydrogens is 262 g/mol. The van der Waals surface area contributed by atoms with Crippen LogP contribution in [0.25, 0.3) is 0 Å². The van der Waals surface area contributed by atoms with Crippen LogP contribution in [0.2, 0.25) is 0 Å². The van der Waals surface area contributed by atoms with Crippen LogP contribution in [0.3, 0.4) is 0 Å². The van der Waals surface area contributed by atoms with E-state index < -0.39 is 0 Å². The number of ether oxygens (including phenoxy) is 1. The van der Waals surface area contributed by atoms with Gasteiger partial charge in [0, 0.05) is 26.1 Å². The minimum Gasteiger partial charge on any atom is -0.493 e. The first-order chi connectivity index (χ1) is 10.3. The molecule has 0 atom stereocenters. The normalized spacial score (nSPS) is 16.6. The molecule has 2 rings (SSSR count). The number of benzene rings is 1. The number of aliphatic imine (C=N–C) groups is 1. The highest BCUT2D eigenvalue weighted by atomic mass is 16.5. The number of para-hydroxylation sites is 1. The summed E-state index contributed by atoms with van der Waals surface area (Å²) in [5, 5.41) is 0. The second-order valence-electron chi connectivity index (χ2n) is 5.61. The zero-order chi connectivity index (χ0) is 14.9. The molecule has 0 unspecified atom stereocenters. The lowest BCUT2D eigenvalue weighted by Gasteiger charge is -2.21. The van der Waals surface area contributed by atoms with Gasteiger partial charge in [-0.15, -0.1) is 0 Å². The molecule has 1 aromatic carbocycles. The van der Waals surface area contributed by atoms with E-state index in [4.69, 9.17) is 10.5 Å². The Morgan fingerprint density at radius 3 is 2.62 bits per heavy atom. The van der Waals surface area contributed by atoms with E-state index in [0.717, 1.165) is 31.8 Å². The Balaban J connectivity index is 1.68. The fourth-order valence-electron chi connectivity index (χ4n) is 2.56. The molecule has 1 aliphatic heterocycles. The maximum absolute atomic E-state index is 6.07. The van der Waals surface area contributed by atoms with Crippen molar-refractivity contribution in [2.45, 2.75) is 39.0 Å². The van der Waals surface area contributed by atoms with Gasteiger partial charge >= 0.3 is 0 Å². The summed E-state index contributed by atoms with van der Waals surface area (Å²) in [6.45, 7) is 5.57. The monoisotopic (exact) mass is 289 g/mol. The van der Waals surface area contributed by atoms with Crippen molar-refractivity contribution in [1.29, 1.82) is 0 Å². The number of nitrogens with two attached hydrogens (primary N) is 1. The van der Waals surface area contributed by atoms with Crippen LogP contribution >= 0.6 is 0 Å². The van der Waals surface area contributed by atoms with Gasteiger partial charge in [0.25, 0.3) is 0 Å². The Labute approximate surface area is 128 Å². The van der Waals surface area contributed by atoms with Gasteiger partial charge in [-0.3, -0.25) is 4.99 Å². The lowest BCUT2D eigenvalue weighted by Crippen LogP contribution is -2.38. The highest BCUT2D eigenvalue weighted by Crippen LogP contribution is 2.16. The van der Waals surface area contributed by atoms with E-state index in [1.54, 1.807) is 0 Å². The number of aryl methyl sites for hydroxylation is 1. The largest absolute Gasteiger partial charge is 0.493 e. The smallest absolute Gasteiger partial charge is 0.191 e. The molecule has 0 aromatic heterocycles. The van der Waals surface area contributed by atoms with Gasteiger partial charge in [-0.05, 0) is 31.4 Å². The molecule has 0 radical (unpaired) electrons. The minimum atomic E-state index is 0.682. The third-order valence-electron chi connectivity index (χ3n) is 3.86. The van der Waals surface area contributed by atoms with E-state index in [0.29, 0.717) is 12.6 Å². The van der Waals surface area contributed by atoms with Crippen molar-refractivity contribution in [1.82, 2.24) is 4.90 Å².